The Morgan fingerprint density at radius 1 is 0.348 bits per heavy atom. The van der Waals surface area contributed by atoms with E-state index < -0.39 is 0 Å². The van der Waals surface area contributed by atoms with Gasteiger partial charge < -0.3 is 15.3 Å². The number of hydrogen-bond acceptors (Lipinski definition) is 8. The summed E-state index contributed by atoms with van der Waals surface area (Å²) >= 11 is 0. The molecule has 0 spiro atoms. The molecule has 66 heavy (non-hydrogen) atoms. The Kier molecular flexibility index (Phi) is 21.4. The number of hydrogen-bond donors (Lipinski definition) is 0. The van der Waals surface area contributed by atoms with Crippen LogP contribution in [0.25, 0.3) is 28.7 Å². The Balaban J connectivity index is 0.000000192. The summed E-state index contributed by atoms with van der Waals surface area (Å²) in [5.41, 5.74) is 7.44. The number of benzene rings is 6. The molecule has 0 aliphatic rings. The third kappa shape index (κ3) is 17.2. The molecule has 0 saturated heterocycles. The molecule has 0 bridgehead atoms. The van der Waals surface area contributed by atoms with E-state index in [1.807, 2.05) is 73.1 Å². The molecule has 0 aliphatic carbocycles. The summed E-state index contributed by atoms with van der Waals surface area (Å²) in [6.07, 6.45) is 7.02. The molecule has 2 aromatic heterocycles. The molecule has 0 fully saturated rings. The second-order valence-electron chi connectivity index (χ2n) is 14.3. The zero-order valence-corrected chi connectivity index (χ0v) is 38.0. The minimum absolute atomic E-state index is 0. The summed E-state index contributed by atoms with van der Waals surface area (Å²) in [5.74, 6) is -1.59. The van der Waals surface area contributed by atoms with E-state index in [2.05, 4.69) is 23.8 Å². The third-order valence-corrected chi connectivity index (χ3v) is 9.23. The second kappa shape index (κ2) is 27.6. The van der Waals surface area contributed by atoms with Crippen LogP contribution in [-0.2, 0) is 0 Å². The molecular formula is C57H45ErN2O6. The zero-order valence-electron chi connectivity index (χ0n) is 36.1. The number of rotatable bonds is 10. The van der Waals surface area contributed by atoms with E-state index in [0.29, 0.717) is 33.4 Å². The zero-order chi connectivity index (χ0) is 46.2. The van der Waals surface area contributed by atoms with E-state index in [4.69, 9.17) is 0 Å². The monoisotopic (exact) mass is 1020 g/mol. The van der Waals surface area contributed by atoms with E-state index in [1.165, 1.54) is 11.1 Å². The van der Waals surface area contributed by atoms with Gasteiger partial charge in [-0.2, -0.15) is 0 Å². The number of carbonyl (C=O) groups excluding carboxylic acids is 3. The van der Waals surface area contributed by atoms with Crippen molar-refractivity contribution in [3.63, 3.8) is 0 Å². The van der Waals surface area contributed by atoms with Gasteiger partial charge in [-0.15, -0.1) is 0 Å². The summed E-state index contributed by atoms with van der Waals surface area (Å²) in [4.78, 5) is 43.8. The molecule has 0 saturated carbocycles. The first-order chi connectivity index (χ1) is 31.6. The fourth-order valence-corrected chi connectivity index (χ4v) is 5.82. The molecule has 1 radical (unpaired) electrons. The largest absolute Gasteiger partial charge is 3.00 e. The molecule has 0 unspecified atom stereocenters. The van der Waals surface area contributed by atoms with Gasteiger partial charge in [0.2, 0.25) is 0 Å². The maximum absolute atomic E-state index is 11.8. The van der Waals surface area contributed by atoms with E-state index in [-0.39, 0.29) is 71.9 Å². The van der Waals surface area contributed by atoms with Crippen LogP contribution in [0.5, 0.6) is 0 Å². The number of nitrogens with zero attached hydrogens (tertiary/aromatic N) is 2. The molecular weight excluding hydrogens is 976 g/mol. The number of pyridine rings is 2. The molecule has 8 nitrogen and oxygen atoms in total. The molecule has 0 atom stereocenters. The van der Waals surface area contributed by atoms with Gasteiger partial charge in [0, 0.05) is 29.1 Å². The van der Waals surface area contributed by atoms with Gasteiger partial charge in [-0.3, -0.25) is 24.4 Å². The molecule has 331 valence electrons. The van der Waals surface area contributed by atoms with Crippen LogP contribution < -0.4 is 15.3 Å². The maximum Gasteiger partial charge on any atom is 3.00 e. The molecule has 0 amide bonds. The van der Waals surface area contributed by atoms with Crippen molar-refractivity contribution in [1.82, 2.24) is 9.97 Å². The smallest absolute Gasteiger partial charge is 0.872 e. The maximum atomic E-state index is 11.8. The Hall–Kier alpha value is -7.50. The first-order valence-electron chi connectivity index (χ1n) is 20.5. The van der Waals surface area contributed by atoms with Crippen molar-refractivity contribution in [3.05, 3.63) is 281 Å². The van der Waals surface area contributed by atoms with Crippen LogP contribution in [0.15, 0.2) is 237 Å². The van der Waals surface area contributed by atoms with Gasteiger partial charge in [0.25, 0.3) is 0 Å². The van der Waals surface area contributed by atoms with Crippen LogP contribution in [0, 0.1) is 51.2 Å². The summed E-state index contributed by atoms with van der Waals surface area (Å²) in [6.45, 7) is 4.11. The molecule has 6 aromatic carbocycles. The van der Waals surface area contributed by atoms with Gasteiger partial charge in [0.05, 0.1) is 11.4 Å². The van der Waals surface area contributed by atoms with Crippen molar-refractivity contribution >= 4 is 34.6 Å². The molecule has 0 aliphatic heterocycles. The van der Waals surface area contributed by atoms with E-state index in [9.17, 15) is 29.7 Å². The predicted molar refractivity (Wildman–Crippen MR) is 253 cm³/mol. The average molecular weight is 1020 g/mol. The van der Waals surface area contributed by atoms with Crippen LogP contribution in [0.2, 0.25) is 0 Å². The van der Waals surface area contributed by atoms with E-state index >= 15 is 0 Å². The second-order valence-corrected chi connectivity index (χ2v) is 14.3. The predicted octanol–water partition coefficient (Wildman–Crippen LogP) is 9.57. The van der Waals surface area contributed by atoms with Crippen molar-refractivity contribution in [1.29, 1.82) is 0 Å². The summed E-state index contributed by atoms with van der Waals surface area (Å²) in [5, 5.41) is 35.3. The first kappa shape index (κ1) is 51.1. The number of ketones is 3. The van der Waals surface area contributed by atoms with Crippen molar-refractivity contribution in [2.24, 2.45) is 0 Å². The quantitative estimate of drug-likeness (QED) is 0.0748. The molecule has 2 heterocycles. The number of aromatic nitrogens is 2. The van der Waals surface area contributed by atoms with Gasteiger partial charge in [-0.1, -0.05) is 199 Å². The molecule has 9 heteroatoms. The minimum Gasteiger partial charge on any atom is -0.872 e. The van der Waals surface area contributed by atoms with Gasteiger partial charge in [0.15, 0.2) is 17.3 Å². The standard InChI is InChI=1S/3C15H12O2.C12H12N2.Er/c3*16-14(12-7-3-1-4-8-12)11-15(17)13-9-5-2-6-10-13;1-9-3-5-13-11(7-9)12-8-10(2)4-6-14-12;/h3*1-11,16H;3-8H,1-2H3;/q;;;;+3/p-3/b3*14-11-;;. The van der Waals surface area contributed by atoms with Crippen LogP contribution in [0.3, 0.4) is 0 Å². The van der Waals surface area contributed by atoms with Gasteiger partial charge in [0.1, 0.15) is 0 Å². The average Bonchev–Trinajstić information content (AvgIpc) is 3.36. The number of aryl methyl sites for hydroxylation is 2. The Bertz CT molecular complexity index is 2550. The summed E-state index contributed by atoms with van der Waals surface area (Å²) < 4.78 is 0. The van der Waals surface area contributed by atoms with Crippen molar-refractivity contribution < 1.29 is 67.0 Å². The summed E-state index contributed by atoms with van der Waals surface area (Å²) in [6, 6.07) is 60.6. The third-order valence-electron chi connectivity index (χ3n) is 9.23. The minimum atomic E-state index is -0.264. The molecule has 8 rings (SSSR count). The summed E-state index contributed by atoms with van der Waals surface area (Å²) in [7, 11) is 0. The SMILES string of the molecule is Cc1ccnc(-c2cc(C)ccn2)c1.O=C(/C=C(\[O-])c1ccccc1)c1ccccc1.O=C(/C=C(\[O-])c1ccccc1)c1ccccc1.O=C(/C=C(\[O-])c1ccccc1)c1ccccc1.[Er+3]. The number of carbonyl (C=O) groups is 3. The fraction of sp³-hybridized carbons (Fsp3) is 0.0351. The van der Waals surface area contributed by atoms with Crippen molar-refractivity contribution in [2.75, 3.05) is 0 Å². The topological polar surface area (TPSA) is 146 Å². The normalized spacial score (nSPS) is 10.8. The van der Waals surface area contributed by atoms with Crippen LogP contribution in [0.4, 0.5) is 0 Å². The van der Waals surface area contributed by atoms with Crippen LogP contribution in [-0.4, -0.2) is 27.3 Å². The van der Waals surface area contributed by atoms with Gasteiger partial charge in [-0.25, -0.2) is 0 Å². The Labute approximate surface area is 415 Å². The Morgan fingerprint density at radius 3 is 0.773 bits per heavy atom. The van der Waals surface area contributed by atoms with E-state index in [1.54, 1.807) is 146 Å². The Morgan fingerprint density at radius 2 is 0.561 bits per heavy atom. The van der Waals surface area contributed by atoms with Crippen molar-refractivity contribution in [3.8, 4) is 11.4 Å². The van der Waals surface area contributed by atoms with Crippen LogP contribution >= 0.6 is 0 Å². The van der Waals surface area contributed by atoms with Crippen molar-refractivity contribution in [2.45, 2.75) is 13.8 Å². The molecule has 0 N–H and O–H groups in total. The van der Waals surface area contributed by atoms with Crippen LogP contribution in [0.1, 0.15) is 58.9 Å². The van der Waals surface area contributed by atoms with Gasteiger partial charge in [-0.05, 0) is 84.2 Å². The first-order valence-corrected chi connectivity index (χ1v) is 20.5. The number of allylic oxidation sites excluding steroid dienone is 3. The fourth-order valence-electron chi connectivity index (χ4n) is 5.82. The van der Waals surface area contributed by atoms with E-state index in [0.717, 1.165) is 29.6 Å². The molecule has 8 aromatic rings. The van der Waals surface area contributed by atoms with Gasteiger partial charge >= 0.3 is 37.3 Å².